The molecule has 1 heterocycles. The normalized spacial score (nSPS) is 9.81. The zero-order valence-corrected chi connectivity index (χ0v) is 9.04. The van der Waals surface area contributed by atoms with Crippen LogP contribution < -0.4 is 21.9 Å². The van der Waals surface area contributed by atoms with E-state index >= 15 is 0 Å². The van der Waals surface area contributed by atoms with Crippen LogP contribution in [0.15, 0.2) is 11.1 Å². The van der Waals surface area contributed by atoms with Gasteiger partial charge in [-0.3, -0.25) is 9.59 Å². The molecule has 88 valence electrons. The van der Waals surface area contributed by atoms with E-state index in [1.807, 2.05) is 6.92 Å². The van der Waals surface area contributed by atoms with Crippen LogP contribution in [0.5, 0.6) is 0 Å². The summed E-state index contributed by atoms with van der Waals surface area (Å²) in [5, 5.41) is 5.49. The molecule has 0 spiro atoms. The smallest absolute Gasteiger partial charge is 0.276 e. The molecule has 0 saturated carbocycles. The maximum atomic E-state index is 11.1. The average molecular weight is 225 g/mol. The van der Waals surface area contributed by atoms with Gasteiger partial charge in [0.1, 0.15) is 5.69 Å². The lowest BCUT2D eigenvalue weighted by Crippen LogP contribution is -2.25. The van der Waals surface area contributed by atoms with Gasteiger partial charge in [-0.2, -0.15) is 0 Å². The summed E-state index contributed by atoms with van der Waals surface area (Å²) < 4.78 is 0. The fraction of sp³-hybridized carbons (Fsp3) is 0.444. The number of aromatic nitrogens is 2. The minimum Gasteiger partial charge on any atom is -0.391 e. The Morgan fingerprint density at radius 3 is 3.06 bits per heavy atom. The summed E-state index contributed by atoms with van der Waals surface area (Å²) in [7, 11) is 0. The number of nitrogen functional groups attached to an aromatic ring is 1. The predicted molar refractivity (Wildman–Crippen MR) is 61.1 cm³/mol. The molecule has 0 unspecified atom stereocenters. The first-order valence-corrected chi connectivity index (χ1v) is 4.99. The molecule has 1 aromatic heterocycles. The SMILES string of the molecule is CCNC(=O)CCNc1nc[nH]c(=O)c1N. The van der Waals surface area contributed by atoms with E-state index in [0.717, 1.165) is 0 Å². The third kappa shape index (κ3) is 3.26. The molecule has 0 aromatic carbocycles. The molecule has 1 rings (SSSR count). The minimum atomic E-state index is -0.393. The van der Waals surface area contributed by atoms with Crippen molar-refractivity contribution in [2.24, 2.45) is 0 Å². The fourth-order valence-electron chi connectivity index (χ4n) is 1.13. The molecule has 0 atom stereocenters. The molecule has 0 aliphatic carbocycles. The minimum absolute atomic E-state index is 0.0263. The topological polar surface area (TPSA) is 113 Å². The number of nitrogens with one attached hydrogen (secondary N) is 3. The first kappa shape index (κ1) is 12.0. The molecule has 0 fully saturated rings. The summed E-state index contributed by atoms with van der Waals surface area (Å²) in [5.41, 5.74) is 5.12. The standard InChI is InChI=1S/C9H15N5O2/c1-2-11-6(15)3-4-12-8-7(10)9(16)14-5-13-8/h5H,2-4,10H2,1H3,(H,11,15)(H2,12,13,14,16). The zero-order chi connectivity index (χ0) is 12.0. The number of amides is 1. The highest BCUT2D eigenvalue weighted by Gasteiger charge is 2.04. The van der Waals surface area contributed by atoms with E-state index in [2.05, 4.69) is 20.6 Å². The quantitative estimate of drug-likeness (QED) is 0.528. The first-order valence-electron chi connectivity index (χ1n) is 4.99. The maximum Gasteiger partial charge on any atom is 0.276 e. The van der Waals surface area contributed by atoms with Crippen LogP contribution in [0.25, 0.3) is 0 Å². The lowest BCUT2D eigenvalue weighted by Gasteiger charge is -2.06. The van der Waals surface area contributed by atoms with E-state index in [1.165, 1.54) is 6.33 Å². The Hall–Kier alpha value is -2.05. The third-order valence-corrected chi connectivity index (χ3v) is 1.91. The third-order valence-electron chi connectivity index (χ3n) is 1.91. The monoisotopic (exact) mass is 225 g/mol. The fourth-order valence-corrected chi connectivity index (χ4v) is 1.13. The molecule has 0 bridgehead atoms. The number of anilines is 2. The number of nitrogens with zero attached hydrogens (tertiary/aromatic N) is 1. The second-order valence-corrected chi connectivity index (χ2v) is 3.12. The Balaban J connectivity index is 2.46. The summed E-state index contributed by atoms with van der Waals surface area (Å²) in [6.45, 7) is 2.83. The van der Waals surface area contributed by atoms with Crippen LogP contribution in [0.2, 0.25) is 0 Å². The van der Waals surface area contributed by atoms with Gasteiger partial charge in [0.05, 0.1) is 6.33 Å². The summed E-state index contributed by atoms with van der Waals surface area (Å²) in [6, 6.07) is 0. The molecular weight excluding hydrogens is 210 g/mol. The summed E-state index contributed by atoms with van der Waals surface area (Å²) >= 11 is 0. The van der Waals surface area contributed by atoms with E-state index in [0.29, 0.717) is 25.3 Å². The highest BCUT2D eigenvalue weighted by atomic mass is 16.1. The van der Waals surface area contributed by atoms with Gasteiger partial charge < -0.3 is 21.4 Å². The van der Waals surface area contributed by atoms with Gasteiger partial charge in [0.15, 0.2) is 5.82 Å². The predicted octanol–water partition coefficient (Wildman–Crippen LogP) is -0.710. The number of hydrogen-bond donors (Lipinski definition) is 4. The van der Waals surface area contributed by atoms with Crippen molar-refractivity contribution in [3.63, 3.8) is 0 Å². The maximum absolute atomic E-state index is 11.1. The second-order valence-electron chi connectivity index (χ2n) is 3.12. The number of nitrogens with two attached hydrogens (primary N) is 1. The Bertz CT molecular complexity index is 415. The number of carbonyl (C=O) groups is 1. The molecule has 16 heavy (non-hydrogen) atoms. The van der Waals surface area contributed by atoms with Crippen molar-refractivity contribution < 1.29 is 4.79 Å². The van der Waals surface area contributed by atoms with Gasteiger partial charge in [-0.05, 0) is 6.92 Å². The lowest BCUT2D eigenvalue weighted by molar-refractivity contribution is -0.120. The number of H-pyrrole nitrogens is 1. The molecular formula is C9H15N5O2. The van der Waals surface area contributed by atoms with Gasteiger partial charge in [0.2, 0.25) is 5.91 Å². The van der Waals surface area contributed by atoms with E-state index in [4.69, 9.17) is 5.73 Å². The highest BCUT2D eigenvalue weighted by Crippen LogP contribution is 2.06. The molecule has 0 saturated heterocycles. The Morgan fingerprint density at radius 1 is 1.62 bits per heavy atom. The van der Waals surface area contributed by atoms with E-state index in [1.54, 1.807) is 0 Å². The summed E-state index contributed by atoms with van der Waals surface area (Å²) in [4.78, 5) is 28.4. The highest BCUT2D eigenvalue weighted by molar-refractivity contribution is 5.76. The number of aromatic amines is 1. The van der Waals surface area contributed by atoms with E-state index in [9.17, 15) is 9.59 Å². The molecule has 0 radical (unpaired) electrons. The number of rotatable bonds is 5. The van der Waals surface area contributed by atoms with Crippen molar-refractivity contribution in [2.75, 3.05) is 24.1 Å². The van der Waals surface area contributed by atoms with Gasteiger partial charge in [-0.25, -0.2) is 4.98 Å². The number of carbonyl (C=O) groups excluding carboxylic acids is 1. The van der Waals surface area contributed by atoms with Crippen LogP contribution in [0.4, 0.5) is 11.5 Å². The lowest BCUT2D eigenvalue weighted by atomic mass is 10.4. The van der Waals surface area contributed by atoms with Crippen molar-refractivity contribution in [3.8, 4) is 0 Å². The van der Waals surface area contributed by atoms with Crippen molar-refractivity contribution in [1.29, 1.82) is 0 Å². The molecule has 7 nitrogen and oxygen atoms in total. The van der Waals surface area contributed by atoms with Gasteiger partial charge in [-0.1, -0.05) is 0 Å². The van der Waals surface area contributed by atoms with E-state index < -0.39 is 5.56 Å². The average Bonchev–Trinajstić information content (AvgIpc) is 2.25. The van der Waals surface area contributed by atoms with Gasteiger partial charge in [0.25, 0.3) is 5.56 Å². The first-order chi connectivity index (χ1) is 7.65. The van der Waals surface area contributed by atoms with Crippen LogP contribution in [0.1, 0.15) is 13.3 Å². The van der Waals surface area contributed by atoms with Crippen LogP contribution in [-0.2, 0) is 4.79 Å². The van der Waals surface area contributed by atoms with E-state index in [-0.39, 0.29) is 11.6 Å². The Kier molecular flexibility index (Phi) is 4.31. The summed E-state index contributed by atoms with van der Waals surface area (Å²) in [6.07, 6.45) is 1.56. The Labute approximate surface area is 92.5 Å². The van der Waals surface area contributed by atoms with Gasteiger partial charge in [-0.15, -0.1) is 0 Å². The zero-order valence-electron chi connectivity index (χ0n) is 9.04. The molecule has 1 aromatic rings. The Morgan fingerprint density at radius 2 is 2.38 bits per heavy atom. The second kappa shape index (κ2) is 5.74. The molecule has 0 aliphatic heterocycles. The molecule has 1 amide bonds. The van der Waals surface area contributed by atoms with Gasteiger partial charge in [0, 0.05) is 19.5 Å². The van der Waals surface area contributed by atoms with Crippen LogP contribution in [-0.4, -0.2) is 29.0 Å². The van der Waals surface area contributed by atoms with Crippen molar-refractivity contribution in [2.45, 2.75) is 13.3 Å². The van der Waals surface area contributed by atoms with Crippen LogP contribution >= 0.6 is 0 Å². The summed E-state index contributed by atoms with van der Waals surface area (Å²) in [5.74, 6) is 0.242. The molecule has 7 heteroatoms. The largest absolute Gasteiger partial charge is 0.391 e. The van der Waals surface area contributed by atoms with Crippen molar-refractivity contribution in [3.05, 3.63) is 16.7 Å². The molecule has 0 aliphatic rings. The van der Waals surface area contributed by atoms with Crippen LogP contribution in [0, 0.1) is 0 Å². The van der Waals surface area contributed by atoms with Crippen molar-refractivity contribution >= 4 is 17.4 Å². The van der Waals surface area contributed by atoms with Crippen molar-refractivity contribution in [1.82, 2.24) is 15.3 Å². The van der Waals surface area contributed by atoms with Crippen LogP contribution in [0.3, 0.4) is 0 Å². The molecule has 5 N–H and O–H groups in total. The van der Waals surface area contributed by atoms with Gasteiger partial charge >= 0.3 is 0 Å². The number of hydrogen-bond acceptors (Lipinski definition) is 5.